The number of hydrogen-bond donors (Lipinski definition) is 2. The highest BCUT2D eigenvalue weighted by Crippen LogP contribution is 2.08. The first-order valence-corrected chi connectivity index (χ1v) is 3.76. The van der Waals surface area contributed by atoms with Crippen molar-refractivity contribution in [2.45, 2.75) is 12.1 Å². The molecular weight excluding hydrogens is 140 g/mol. The van der Waals surface area contributed by atoms with E-state index < -0.39 is 0 Å². The SMILES string of the molecule is NC1(Cn2cccn2)CNC1. The molecule has 2 heterocycles. The van der Waals surface area contributed by atoms with Gasteiger partial charge >= 0.3 is 0 Å². The summed E-state index contributed by atoms with van der Waals surface area (Å²) >= 11 is 0. The fraction of sp³-hybridized carbons (Fsp3) is 0.571. The van der Waals surface area contributed by atoms with E-state index in [9.17, 15) is 0 Å². The van der Waals surface area contributed by atoms with Gasteiger partial charge in [0.05, 0.1) is 12.1 Å². The van der Waals surface area contributed by atoms with Crippen LogP contribution in [-0.4, -0.2) is 28.4 Å². The van der Waals surface area contributed by atoms with Gasteiger partial charge in [0.2, 0.25) is 0 Å². The fourth-order valence-corrected chi connectivity index (χ4v) is 1.27. The molecule has 1 fully saturated rings. The molecule has 3 N–H and O–H groups in total. The van der Waals surface area contributed by atoms with Crippen molar-refractivity contribution in [2.24, 2.45) is 5.73 Å². The van der Waals surface area contributed by atoms with Gasteiger partial charge in [-0.2, -0.15) is 5.10 Å². The first-order valence-electron chi connectivity index (χ1n) is 3.76. The van der Waals surface area contributed by atoms with Crippen molar-refractivity contribution in [3.8, 4) is 0 Å². The minimum atomic E-state index is -0.0635. The molecule has 1 saturated heterocycles. The zero-order valence-corrected chi connectivity index (χ0v) is 6.33. The summed E-state index contributed by atoms with van der Waals surface area (Å²) < 4.78 is 1.88. The first-order chi connectivity index (χ1) is 5.29. The number of rotatable bonds is 2. The predicted molar refractivity (Wildman–Crippen MR) is 42.0 cm³/mol. The summed E-state index contributed by atoms with van der Waals surface area (Å²) in [6, 6.07) is 1.91. The van der Waals surface area contributed by atoms with E-state index in [-0.39, 0.29) is 5.54 Å². The maximum Gasteiger partial charge on any atom is 0.0614 e. The van der Waals surface area contributed by atoms with Gasteiger partial charge < -0.3 is 11.1 Å². The van der Waals surface area contributed by atoms with Gasteiger partial charge in [-0.15, -0.1) is 0 Å². The largest absolute Gasteiger partial charge is 0.321 e. The van der Waals surface area contributed by atoms with Gasteiger partial charge in [-0.25, -0.2) is 0 Å². The van der Waals surface area contributed by atoms with E-state index >= 15 is 0 Å². The second-order valence-corrected chi connectivity index (χ2v) is 3.17. The average Bonchev–Trinajstić information content (AvgIpc) is 2.36. The smallest absolute Gasteiger partial charge is 0.0614 e. The lowest BCUT2D eigenvalue weighted by Crippen LogP contribution is -2.67. The molecule has 1 aliphatic heterocycles. The Morgan fingerprint density at radius 2 is 2.45 bits per heavy atom. The van der Waals surface area contributed by atoms with Crippen LogP contribution in [0.3, 0.4) is 0 Å². The normalized spacial score (nSPS) is 21.2. The number of hydrogen-bond acceptors (Lipinski definition) is 3. The molecule has 0 saturated carbocycles. The average molecular weight is 152 g/mol. The Kier molecular flexibility index (Phi) is 1.44. The summed E-state index contributed by atoms with van der Waals surface area (Å²) in [6.45, 7) is 2.60. The molecule has 0 atom stereocenters. The molecule has 1 aromatic heterocycles. The van der Waals surface area contributed by atoms with Crippen LogP contribution in [0.2, 0.25) is 0 Å². The highest BCUT2D eigenvalue weighted by molar-refractivity contribution is 4.97. The van der Waals surface area contributed by atoms with Crippen LogP contribution in [0.15, 0.2) is 18.5 Å². The van der Waals surface area contributed by atoms with Crippen LogP contribution >= 0.6 is 0 Å². The summed E-state index contributed by atoms with van der Waals surface area (Å²) in [5.41, 5.74) is 5.91. The molecule has 0 amide bonds. The Balaban J connectivity index is 2.00. The van der Waals surface area contributed by atoms with E-state index in [0.29, 0.717) is 0 Å². The second kappa shape index (κ2) is 2.32. The fourth-order valence-electron chi connectivity index (χ4n) is 1.27. The lowest BCUT2D eigenvalue weighted by molar-refractivity contribution is 0.236. The second-order valence-electron chi connectivity index (χ2n) is 3.17. The maximum absolute atomic E-state index is 5.97. The maximum atomic E-state index is 5.97. The Labute approximate surface area is 65.4 Å². The monoisotopic (exact) mass is 152 g/mol. The predicted octanol–water partition coefficient (Wildman–Crippen LogP) is -0.816. The minimum Gasteiger partial charge on any atom is -0.321 e. The van der Waals surface area contributed by atoms with Gasteiger partial charge in [0.1, 0.15) is 0 Å². The lowest BCUT2D eigenvalue weighted by atomic mass is 9.94. The van der Waals surface area contributed by atoms with E-state index in [0.717, 1.165) is 19.6 Å². The molecule has 0 unspecified atom stereocenters. The van der Waals surface area contributed by atoms with E-state index in [1.807, 2.05) is 16.9 Å². The molecule has 4 nitrogen and oxygen atoms in total. The molecule has 0 spiro atoms. The summed E-state index contributed by atoms with van der Waals surface area (Å²) in [5.74, 6) is 0. The first kappa shape index (κ1) is 6.82. The Hall–Kier alpha value is -0.870. The molecular formula is C7H12N4. The van der Waals surface area contributed by atoms with Crippen LogP contribution in [-0.2, 0) is 6.54 Å². The molecule has 60 valence electrons. The zero-order chi connectivity index (χ0) is 7.73. The van der Waals surface area contributed by atoms with E-state index in [1.54, 1.807) is 6.20 Å². The number of nitrogens with one attached hydrogen (secondary N) is 1. The van der Waals surface area contributed by atoms with Crippen molar-refractivity contribution < 1.29 is 0 Å². The van der Waals surface area contributed by atoms with Gasteiger partial charge in [-0.05, 0) is 6.07 Å². The third-order valence-electron chi connectivity index (χ3n) is 1.99. The van der Waals surface area contributed by atoms with Crippen LogP contribution in [0.4, 0.5) is 0 Å². The van der Waals surface area contributed by atoms with Crippen molar-refractivity contribution in [3.05, 3.63) is 18.5 Å². The summed E-state index contributed by atoms with van der Waals surface area (Å²) in [6.07, 6.45) is 3.71. The molecule has 1 aromatic rings. The van der Waals surface area contributed by atoms with E-state index in [2.05, 4.69) is 10.4 Å². The van der Waals surface area contributed by atoms with Crippen LogP contribution in [0.5, 0.6) is 0 Å². The standard InChI is InChI=1S/C7H12N4/c8-7(4-9-5-7)6-11-3-1-2-10-11/h1-3,9H,4-6,8H2. The summed E-state index contributed by atoms with van der Waals surface area (Å²) in [5, 5.41) is 7.24. The Bertz CT molecular complexity index is 225. The summed E-state index contributed by atoms with van der Waals surface area (Å²) in [4.78, 5) is 0. The van der Waals surface area contributed by atoms with Crippen molar-refractivity contribution in [1.29, 1.82) is 0 Å². The van der Waals surface area contributed by atoms with Gasteiger partial charge in [0.25, 0.3) is 0 Å². The Morgan fingerprint density at radius 3 is 2.91 bits per heavy atom. The van der Waals surface area contributed by atoms with Crippen LogP contribution in [0.25, 0.3) is 0 Å². The highest BCUT2D eigenvalue weighted by Gasteiger charge is 2.32. The van der Waals surface area contributed by atoms with Crippen molar-refractivity contribution in [3.63, 3.8) is 0 Å². The number of aromatic nitrogens is 2. The van der Waals surface area contributed by atoms with Crippen LogP contribution < -0.4 is 11.1 Å². The quantitative estimate of drug-likeness (QED) is 0.582. The summed E-state index contributed by atoms with van der Waals surface area (Å²) in [7, 11) is 0. The topological polar surface area (TPSA) is 55.9 Å². The van der Waals surface area contributed by atoms with Crippen molar-refractivity contribution in [1.82, 2.24) is 15.1 Å². The third-order valence-corrected chi connectivity index (χ3v) is 1.99. The van der Waals surface area contributed by atoms with E-state index in [4.69, 9.17) is 5.73 Å². The third kappa shape index (κ3) is 1.27. The lowest BCUT2D eigenvalue weighted by Gasteiger charge is -2.38. The molecule has 0 aromatic carbocycles. The van der Waals surface area contributed by atoms with Gasteiger partial charge in [-0.1, -0.05) is 0 Å². The Morgan fingerprint density at radius 1 is 1.64 bits per heavy atom. The van der Waals surface area contributed by atoms with Gasteiger partial charge in [0, 0.05) is 25.5 Å². The van der Waals surface area contributed by atoms with Crippen LogP contribution in [0, 0.1) is 0 Å². The molecule has 0 radical (unpaired) electrons. The molecule has 11 heavy (non-hydrogen) atoms. The van der Waals surface area contributed by atoms with Crippen LogP contribution in [0.1, 0.15) is 0 Å². The van der Waals surface area contributed by atoms with Gasteiger partial charge in [-0.3, -0.25) is 4.68 Å². The van der Waals surface area contributed by atoms with Crippen molar-refractivity contribution >= 4 is 0 Å². The highest BCUT2D eigenvalue weighted by atomic mass is 15.3. The molecule has 0 bridgehead atoms. The molecule has 1 aliphatic rings. The molecule has 0 aliphatic carbocycles. The van der Waals surface area contributed by atoms with E-state index in [1.165, 1.54) is 0 Å². The van der Waals surface area contributed by atoms with Crippen molar-refractivity contribution in [2.75, 3.05) is 13.1 Å². The minimum absolute atomic E-state index is 0.0635. The number of nitrogens with zero attached hydrogens (tertiary/aromatic N) is 2. The molecule has 2 rings (SSSR count). The zero-order valence-electron chi connectivity index (χ0n) is 6.33. The molecule has 4 heteroatoms. The number of nitrogens with two attached hydrogens (primary N) is 1. The van der Waals surface area contributed by atoms with Gasteiger partial charge in [0.15, 0.2) is 0 Å².